The Bertz CT molecular complexity index is 517. The number of hydrogen-bond acceptors (Lipinski definition) is 5. The first-order valence-electron chi connectivity index (χ1n) is 7.65. The van der Waals surface area contributed by atoms with Gasteiger partial charge in [0.1, 0.15) is 0 Å². The van der Waals surface area contributed by atoms with Crippen LogP contribution in [-0.4, -0.2) is 44.5 Å². The second kappa shape index (κ2) is 5.87. The number of amides is 1. The Balaban J connectivity index is 1.55. The standard InChI is InChI=1S/C14H23N5OS/c1-9-5-10(2)7-18(6-9)12(20)8-21-14-17-16-13(19(14)15)11-3-4-11/h9-11H,3-8,15H2,1-2H3/t9-,10-/m1/s1. The predicted molar refractivity (Wildman–Crippen MR) is 82.4 cm³/mol. The van der Waals surface area contributed by atoms with Gasteiger partial charge in [-0.05, 0) is 31.1 Å². The molecule has 7 heteroatoms. The highest BCUT2D eigenvalue weighted by Gasteiger charge is 2.30. The van der Waals surface area contributed by atoms with Crippen molar-refractivity contribution in [2.45, 2.75) is 44.2 Å². The quantitative estimate of drug-likeness (QED) is 0.673. The molecule has 6 nitrogen and oxygen atoms in total. The summed E-state index contributed by atoms with van der Waals surface area (Å²) in [7, 11) is 0. The van der Waals surface area contributed by atoms with Crippen LogP contribution < -0.4 is 5.84 Å². The highest BCUT2D eigenvalue weighted by atomic mass is 32.2. The molecule has 1 saturated heterocycles. The molecule has 2 N–H and O–H groups in total. The van der Waals surface area contributed by atoms with Crippen LogP contribution in [0, 0.1) is 11.8 Å². The number of nitrogens with two attached hydrogens (primary N) is 1. The van der Waals surface area contributed by atoms with Gasteiger partial charge >= 0.3 is 0 Å². The smallest absolute Gasteiger partial charge is 0.233 e. The van der Waals surface area contributed by atoms with Crippen LogP contribution >= 0.6 is 11.8 Å². The van der Waals surface area contributed by atoms with Crippen molar-refractivity contribution in [1.29, 1.82) is 0 Å². The van der Waals surface area contributed by atoms with Crippen molar-refractivity contribution in [3.05, 3.63) is 5.82 Å². The maximum Gasteiger partial charge on any atom is 0.233 e. The van der Waals surface area contributed by atoms with E-state index >= 15 is 0 Å². The van der Waals surface area contributed by atoms with Gasteiger partial charge in [-0.1, -0.05) is 25.6 Å². The number of nitrogen functional groups attached to an aromatic ring is 1. The molecule has 21 heavy (non-hydrogen) atoms. The molecule has 1 aromatic rings. The Morgan fingerprint density at radius 1 is 1.29 bits per heavy atom. The van der Waals surface area contributed by atoms with E-state index in [1.54, 1.807) is 4.68 Å². The van der Waals surface area contributed by atoms with Crippen molar-refractivity contribution in [2.75, 3.05) is 24.7 Å². The number of thioether (sulfide) groups is 1. The zero-order chi connectivity index (χ0) is 15.0. The Hall–Kier alpha value is -1.24. The molecule has 2 fully saturated rings. The van der Waals surface area contributed by atoms with Crippen LogP contribution in [-0.2, 0) is 4.79 Å². The molecule has 0 spiro atoms. The largest absolute Gasteiger partial charge is 0.341 e. The summed E-state index contributed by atoms with van der Waals surface area (Å²) in [5.74, 6) is 9.05. The van der Waals surface area contributed by atoms with E-state index in [9.17, 15) is 4.79 Å². The van der Waals surface area contributed by atoms with Gasteiger partial charge < -0.3 is 10.7 Å². The number of likely N-dealkylation sites (tertiary alicyclic amines) is 1. The van der Waals surface area contributed by atoms with E-state index < -0.39 is 0 Å². The first-order valence-corrected chi connectivity index (χ1v) is 8.64. The summed E-state index contributed by atoms with van der Waals surface area (Å²) < 4.78 is 1.55. The van der Waals surface area contributed by atoms with Gasteiger partial charge in [0.25, 0.3) is 0 Å². The second-order valence-corrected chi connectivity index (χ2v) is 7.46. The monoisotopic (exact) mass is 309 g/mol. The molecule has 0 aromatic carbocycles. The second-order valence-electron chi connectivity index (χ2n) is 6.52. The van der Waals surface area contributed by atoms with Crippen LogP contribution in [0.15, 0.2) is 5.16 Å². The van der Waals surface area contributed by atoms with Gasteiger partial charge in [-0.2, -0.15) is 0 Å². The van der Waals surface area contributed by atoms with Gasteiger partial charge in [0.05, 0.1) is 5.75 Å². The number of piperidine rings is 1. The Labute approximate surface area is 129 Å². The topological polar surface area (TPSA) is 77.0 Å². The molecule has 1 aliphatic carbocycles. The summed E-state index contributed by atoms with van der Waals surface area (Å²) in [6.07, 6.45) is 3.49. The Kier molecular flexibility index (Phi) is 4.10. The Morgan fingerprint density at radius 3 is 2.57 bits per heavy atom. The molecule has 0 radical (unpaired) electrons. The molecule has 1 aliphatic heterocycles. The average molecular weight is 309 g/mol. The number of rotatable bonds is 4. The fourth-order valence-electron chi connectivity index (χ4n) is 3.09. The van der Waals surface area contributed by atoms with Crippen molar-refractivity contribution in [1.82, 2.24) is 19.8 Å². The van der Waals surface area contributed by atoms with E-state index in [0.717, 1.165) is 31.8 Å². The number of carbonyl (C=O) groups excluding carboxylic acids is 1. The van der Waals surface area contributed by atoms with Crippen molar-refractivity contribution >= 4 is 17.7 Å². The molecule has 1 amide bonds. The zero-order valence-electron chi connectivity index (χ0n) is 12.7. The van der Waals surface area contributed by atoms with Crippen LogP contribution in [0.2, 0.25) is 0 Å². The minimum Gasteiger partial charge on any atom is -0.341 e. The first-order chi connectivity index (χ1) is 10.0. The number of nitrogens with zero attached hydrogens (tertiary/aromatic N) is 4. The minimum atomic E-state index is 0.175. The fourth-order valence-corrected chi connectivity index (χ4v) is 3.86. The highest BCUT2D eigenvalue weighted by Crippen LogP contribution is 2.39. The van der Waals surface area contributed by atoms with Crippen molar-refractivity contribution in [3.8, 4) is 0 Å². The van der Waals surface area contributed by atoms with E-state index in [4.69, 9.17) is 5.84 Å². The van der Waals surface area contributed by atoms with Crippen molar-refractivity contribution in [3.63, 3.8) is 0 Å². The van der Waals surface area contributed by atoms with Gasteiger partial charge in [0, 0.05) is 19.0 Å². The van der Waals surface area contributed by atoms with Crippen LogP contribution in [0.5, 0.6) is 0 Å². The van der Waals surface area contributed by atoms with Gasteiger partial charge in [0.2, 0.25) is 11.1 Å². The molecule has 116 valence electrons. The average Bonchev–Trinajstić information content (AvgIpc) is 3.20. The number of hydrogen-bond donors (Lipinski definition) is 1. The number of aromatic nitrogens is 3. The normalized spacial score (nSPS) is 26.1. The van der Waals surface area contributed by atoms with E-state index in [0.29, 0.717) is 28.7 Å². The molecular weight excluding hydrogens is 286 g/mol. The molecular formula is C14H23N5OS. The van der Waals surface area contributed by atoms with Gasteiger partial charge in [-0.15, -0.1) is 10.2 Å². The third kappa shape index (κ3) is 3.33. The van der Waals surface area contributed by atoms with Gasteiger partial charge in [-0.3, -0.25) is 4.79 Å². The SMILES string of the molecule is C[C@@H]1C[C@@H](C)CN(C(=O)CSc2nnc(C3CC3)n2N)C1. The minimum absolute atomic E-state index is 0.175. The molecule has 2 atom stereocenters. The summed E-state index contributed by atoms with van der Waals surface area (Å²) in [4.78, 5) is 14.3. The zero-order valence-corrected chi connectivity index (χ0v) is 13.5. The van der Waals surface area contributed by atoms with E-state index in [1.807, 2.05) is 4.90 Å². The summed E-state index contributed by atoms with van der Waals surface area (Å²) in [6, 6.07) is 0. The van der Waals surface area contributed by atoms with Crippen LogP contribution in [0.3, 0.4) is 0 Å². The lowest BCUT2D eigenvalue weighted by Gasteiger charge is -2.34. The van der Waals surface area contributed by atoms with Crippen LogP contribution in [0.25, 0.3) is 0 Å². The molecule has 0 bridgehead atoms. The van der Waals surface area contributed by atoms with E-state index in [-0.39, 0.29) is 5.91 Å². The maximum absolute atomic E-state index is 12.3. The lowest BCUT2D eigenvalue weighted by molar-refractivity contribution is -0.130. The number of carbonyl (C=O) groups is 1. The Morgan fingerprint density at radius 2 is 1.95 bits per heavy atom. The molecule has 3 rings (SSSR count). The summed E-state index contributed by atoms with van der Waals surface area (Å²) in [5, 5.41) is 8.88. The molecule has 2 heterocycles. The van der Waals surface area contributed by atoms with Gasteiger partial charge in [-0.25, -0.2) is 4.68 Å². The molecule has 0 unspecified atom stereocenters. The van der Waals surface area contributed by atoms with Crippen LogP contribution in [0.4, 0.5) is 0 Å². The van der Waals surface area contributed by atoms with E-state index in [1.165, 1.54) is 18.2 Å². The molecule has 1 saturated carbocycles. The van der Waals surface area contributed by atoms with Crippen LogP contribution in [0.1, 0.15) is 44.9 Å². The lowest BCUT2D eigenvalue weighted by Crippen LogP contribution is -2.43. The molecule has 2 aliphatic rings. The lowest BCUT2D eigenvalue weighted by atomic mass is 9.92. The third-order valence-electron chi connectivity index (χ3n) is 4.18. The fraction of sp³-hybridized carbons (Fsp3) is 0.786. The van der Waals surface area contributed by atoms with E-state index in [2.05, 4.69) is 24.0 Å². The third-order valence-corrected chi connectivity index (χ3v) is 5.11. The summed E-state index contributed by atoms with van der Waals surface area (Å²) in [5.41, 5.74) is 0. The summed E-state index contributed by atoms with van der Waals surface area (Å²) >= 11 is 1.39. The first kappa shape index (κ1) is 14.7. The van der Waals surface area contributed by atoms with Crippen molar-refractivity contribution < 1.29 is 4.79 Å². The molecule has 1 aromatic heterocycles. The van der Waals surface area contributed by atoms with Crippen molar-refractivity contribution in [2.24, 2.45) is 11.8 Å². The van der Waals surface area contributed by atoms with Gasteiger partial charge in [0.15, 0.2) is 5.82 Å². The maximum atomic E-state index is 12.3. The highest BCUT2D eigenvalue weighted by molar-refractivity contribution is 7.99. The summed E-state index contributed by atoms with van der Waals surface area (Å²) in [6.45, 7) is 6.15. The predicted octanol–water partition coefficient (Wildman–Crippen LogP) is 1.47.